The van der Waals surface area contributed by atoms with E-state index in [4.69, 9.17) is 0 Å². The Labute approximate surface area is 135 Å². The van der Waals surface area contributed by atoms with Gasteiger partial charge in [0.25, 0.3) is 10.0 Å². The van der Waals surface area contributed by atoms with E-state index in [9.17, 15) is 18.4 Å². The minimum atomic E-state index is -4.15. The number of pyridine rings is 1. The van der Waals surface area contributed by atoms with Gasteiger partial charge in [-0.1, -0.05) is 0 Å². The predicted molar refractivity (Wildman–Crippen MR) is 84.1 cm³/mol. The Morgan fingerprint density at radius 1 is 1.23 bits per heavy atom. The predicted octanol–water partition coefficient (Wildman–Crippen LogP) is 2.39. The van der Waals surface area contributed by atoms with Crippen molar-refractivity contribution < 1.29 is 18.4 Å². The third-order valence-electron chi connectivity index (χ3n) is 2.61. The lowest BCUT2D eigenvalue weighted by molar-refractivity contribution is -0.114. The maximum atomic E-state index is 12.3. The lowest BCUT2D eigenvalue weighted by Gasteiger charge is -2.16. The van der Waals surface area contributed by atoms with Crippen molar-refractivity contribution in [2.45, 2.75) is 11.8 Å². The Bertz CT molecular complexity index is 776. The second-order valence-corrected chi connectivity index (χ2v) is 6.97. The van der Waals surface area contributed by atoms with Gasteiger partial charge in [0.05, 0.1) is 4.90 Å². The number of nitrogens with one attached hydrogen (secondary N) is 1. The van der Waals surface area contributed by atoms with Gasteiger partial charge in [0.1, 0.15) is 0 Å². The van der Waals surface area contributed by atoms with Gasteiger partial charge in [0.15, 0.2) is 5.82 Å². The zero-order valence-electron chi connectivity index (χ0n) is 11.4. The van der Waals surface area contributed by atoms with Crippen LogP contribution in [0, 0.1) is 0 Å². The molecule has 0 aliphatic heterocycles. The summed E-state index contributed by atoms with van der Waals surface area (Å²) in [5.41, 5.74) is 0.456. The molecule has 0 fully saturated rings. The molecular formula is C13H12BrN3O4S. The topological polar surface area (TPSA) is 99.6 Å². The number of nitrogens with zero attached hydrogens (tertiary/aromatic N) is 2. The van der Waals surface area contributed by atoms with Crippen molar-refractivity contribution in [2.24, 2.45) is 0 Å². The smallest absolute Gasteiger partial charge is 0.287 e. The van der Waals surface area contributed by atoms with Crippen LogP contribution in [0.25, 0.3) is 0 Å². The quantitative estimate of drug-likeness (QED) is 0.786. The van der Waals surface area contributed by atoms with Gasteiger partial charge in [-0.05, 0) is 52.3 Å². The maximum Gasteiger partial charge on any atom is 0.287 e. The highest BCUT2D eigenvalue weighted by atomic mass is 79.9. The summed E-state index contributed by atoms with van der Waals surface area (Å²) in [5.74, 6) is -0.396. The summed E-state index contributed by atoms with van der Waals surface area (Å²) in [6.07, 6.45) is 1.37. The number of hydrogen-bond donors (Lipinski definition) is 2. The van der Waals surface area contributed by atoms with Gasteiger partial charge >= 0.3 is 0 Å². The fourth-order valence-corrected chi connectivity index (χ4v) is 2.89. The first-order valence-electron chi connectivity index (χ1n) is 6.04. The fourth-order valence-electron chi connectivity index (χ4n) is 1.62. The minimum absolute atomic E-state index is 0.104. The Balaban J connectivity index is 2.29. The number of carbonyl (C=O) groups excluding carboxylic acids is 1. The first-order valence-corrected chi connectivity index (χ1v) is 8.27. The Morgan fingerprint density at radius 3 is 2.36 bits per heavy atom. The van der Waals surface area contributed by atoms with E-state index in [0.717, 1.165) is 0 Å². The molecule has 0 atom stereocenters. The van der Waals surface area contributed by atoms with Crippen LogP contribution in [0.3, 0.4) is 0 Å². The van der Waals surface area contributed by atoms with Crippen molar-refractivity contribution in [1.82, 2.24) is 4.98 Å². The number of amides is 1. The van der Waals surface area contributed by atoms with Crippen molar-refractivity contribution in [1.29, 1.82) is 0 Å². The minimum Gasteiger partial charge on any atom is -0.326 e. The first kappa shape index (κ1) is 16.4. The summed E-state index contributed by atoms with van der Waals surface area (Å²) in [7, 11) is -4.15. The largest absolute Gasteiger partial charge is 0.326 e. The van der Waals surface area contributed by atoms with E-state index in [1.807, 2.05) is 0 Å². The third-order valence-corrected chi connectivity index (χ3v) is 4.59. The average molecular weight is 386 g/mol. The lowest BCUT2D eigenvalue weighted by Crippen LogP contribution is -2.28. The summed E-state index contributed by atoms with van der Waals surface area (Å²) in [6.45, 7) is 1.35. The summed E-state index contributed by atoms with van der Waals surface area (Å²) in [4.78, 5) is 14.6. The van der Waals surface area contributed by atoms with Gasteiger partial charge in [0.2, 0.25) is 5.91 Å². The molecule has 2 aromatic rings. The summed E-state index contributed by atoms with van der Waals surface area (Å²) < 4.78 is 25.3. The SMILES string of the molecule is CC(=O)Nc1ccc(S(=O)(=O)N(O)c2ccc(Br)cn2)cc1. The number of benzene rings is 1. The molecule has 1 amide bonds. The Morgan fingerprint density at radius 2 is 1.86 bits per heavy atom. The molecule has 0 radical (unpaired) electrons. The van der Waals surface area contributed by atoms with E-state index in [1.165, 1.54) is 43.5 Å². The van der Waals surface area contributed by atoms with Crippen LogP contribution in [0.2, 0.25) is 0 Å². The maximum absolute atomic E-state index is 12.3. The van der Waals surface area contributed by atoms with Crippen LogP contribution in [0.1, 0.15) is 6.92 Å². The molecule has 1 aromatic carbocycles. The van der Waals surface area contributed by atoms with Gasteiger partial charge in [-0.2, -0.15) is 8.42 Å². The van der Waals surface area contributed by atoms with Gasteiger partial charge in [-0.25, -0.2) is 4.98 Å². The monoisotopic (exact) mass is 385 g/mol. The average Bonchev–Trinajstić information content (AvgIpc) is 2.47. The second kappa shape index (κ2) is 6.42. The molecule has 7 nitrogen and oxygen atoms in total. The van der Waals surface area contributed by atoms with Crippen molar-refractivity contribution in [3.05, 3.63) is 47.1 Å². The molecule has 0 aliphatic rings. The molecule has 0 unspecified atom stereocenters. The molecule has 1 heterocycles. The normalized spacial score (nSPS) is 11.0. The summed E-state index contributed by atoms with van der Waals surface area (Å²) in [5, 5.41) is 12.4. The molecule has 0 aliphatic carbocycles. The number of anilines is 2. The highest BCUT2D eigenvalue weighted by Gasteiger charge is 2.24. The molecule has 2 N–H and O–H groups in total. The fraction of sp³-hybridized carbons (Fsp3) is 0.0769. The van der Waals surface area contributed by atoms with Crippen molar-refractivity contribution in [2.75, 3.05) is 9.79 Å². The van der Waals surface area contributed by atoms with Crippen LogP contribution in [-0.4, -0.2) is 24.5 Å². The standard InChI is InChI=1S/C13H12BrN3O4S/c1-9(18)16-11-3-5-12(6-4-11)22(20,21)17(19)13-7-2-10(14)8-15-13/h2-8,19H,1H3,(H,16,18). The second-order valence-electron chi connectivity index (χ2n) is 4.29. The molecule has 1 aromatic heterocycles. The zero-order chi connectivity index (χ0) is 16.3. The Kier molecular flexibility index (Phi) is 4.79. The van der Waals surface area contributed by atoms with Crippen LogP contribution in [0.15, 0.2) is 52.0 Å². The molecule has 116 valence electrons. The van der Waals surface area contributed by atoms with Crippen molar-refractivity contribution in [3.63, 3.8) is 0 Å². The molecule has 2 rings (SSSR count). The van der Waals surface area contributed by atoms with Gasteiger partial charge in [-0.15, -0.1) is 4.47 Å². The van der Waals surface area contributed by atoms with Gasteiger partial charge in [-0.3, -0.25) is 10.0 Å². The molecular weight excluding hydrogens is 374 g/mol. The number of sulfonamides is 1. The molecule has 22 heavy (non-hydrogen) atoms. The molecule has 0 saturated carbocycles. The highest BCUT2D eigenvalue weighted by molar-refractivity contribution is 9.10. The number of aromatic nitrogens is 1. The number of carbonyl (C=O) groups is 1. The molecule has 0 bridgehead atoms. The summed E-state index contributed by atoms with van der Waals surface area (Å²) in [6, 6.07) is 8.33. The molecule has 0 spiro atoms. The number of rotatable bonds is 4. The first-order chi connectivity index (χ1) is 10.3. The van der Waals surface area contributed by atoms with E-state index in [1.54, 1.807) is 6.07 Å². The lowest BCUT2D eigenvalue weighted by atomic mass is 10.3. The van der Waals surface area contributed by atoms with E-state index < -0.39 is 10.0 Å². The number of halogens is 1. The van der Waals surface area contributed by atoms with E-state index >= 15 is 0 Å². The molecule has 9 heteroatoms. The van der Waals surface area contributed by atoms with Crippen molar-refractivity contribution in [3.8, 4) is 0 Å². The van der Waals surface area contributed by atoms with Crippen LogP contribution in [-0.2, 0) is 14.8 Å². The van der Waals surface area contributed by atoms with Crippen LogP contribution >= 0.6 is 15.9 Å². The number of hydrogen-bond acceptors (Lipinski definition) is 5. The van der Waals surface area contributed by atoms with Crippen LogP contribution in [0.5, 0.6) is 0 Å². The molecule has 0 saturated heterocycles. The highest BCUT2D eigenvalue weighted by Crippen LogP contribution is 2.22. The third kappa shape index (κ3) is 3.62. The van der Waals surface area contributed by atoms with E-state index in [2.05, 4.69) is 26.2 Å². The van der Waals surface area contributed by atoms with Gasteiger partial charge < -0.3 is 5.32 Å². The summed E-state index contributed by atoms with van der Waals surface area (Å²) >= 11 is 3.17. The van der Waals surface area contributed by atoms with Crippen LogP contribution in [0.4, 0.5) is 11.5 Å². The van der Waals surface area contributed by atoms with Crippen LogP contribution < -0.4 is 9.79 Å². The van der Waals surface area contributed by atoms with E-state index in [0.29, 0.717) is 10.2 Å². The van der Waals surface area contributed by atoms with Gasteiger partial charge in [0, 0.05) is 23.3 Å². The Hall–Kier alpha value is -1.97. The van der Waals surface area contributed by atoms with E-state index in [-0.39, 0.29) is 21.1 Å². The zero-order valence-corrected chi connectivity index (χ0v) is 13.8. The van der Waals surface area contributed by atoms with Crippen molar-refractivity contribution >= 4 is 43.4 Å².